The molecular weight excluding hydrogens is 310 g/mol. The number of carbonyl (C=O) groups excluding carboxylic acids is 1. The highest BCUT2D eigenvalue weighted by atomic mass is 16.4. The fraction of sp³-hybridized carbons (Fsp3) is 0.591. The Morgan fingerprint density at radius 2 is 1.32 bits per heavy atom. The molecule has 0 rings (SSSR count). The van der Waals surface area contributed by atoms with E-state index in [2.05, 4.69) is 62.2 Å². The Labute approximate surface area is 153 Å². The monoisotopic (exact) mass is 339 g/mol. The quantitative estimate of drug-likeness (QED) is 0.426. The molecule has 0 amide bonds. The summed E-state index contributed by atoms with van der Waals surface area (Å²) in [5.74, 6) is 16.4. The van der Waals surface area contributed by atoms with E-state index in [4.69, 9.17) is 6.42 Å². The third-order valence-corrected chi connectivity index (χ3v) is 4.17. The summed E-state index contributed by atoms with van der Waals surface area (Å²) in [4.78, 5) is 11.9. The lowest BCUT2D eigenvalue weighted by molar-refractivity contribution is -0.938. The number of unbranched alkanes of at least 4 members (excludes halogenated alkanes) is 3. The molecule has 1 unspecified atom stereocenters. The van der Waals surface area contributed by atoms with Gasteiger partial charge in [-0.2, -0.15) is 0 Å². The average Bonchev–Trinajstić information content (AvgIpc) is 2.61. The van der Waals surface area contributed by atoms with Crippen molar-refractivity contribution >= 4 is 5.97 Å². The molecule has 0 spiro atoms. The molecule has 3 heteroatoms. The Bertz CT molecular complexity index is 601. The lowest BCUT2D eigenvalue weighted by atomic mass is 10.1. The first kappa shape index (κ1) is 22.7. The number of hydrogen-bond acceptors (Lipinski definition) is 2. The Morgan fingerprint density at radius 3 is 1.72 bits per heavy atom. The minimum atomic E-state index is -1.12. The Morgan fingerprint density at radius 1 is 0.880 bits per heavy atom. The molecule has 0 aliphatic heterocycles. The van der Waals surface area contributed by atoms with Crippen molar-refractivity contribution in [3.8, 4) is 47.9 Å². The van der Waals surface area contributed by atoms with Crippen LogP contribution in [-0.2, 0) is 4.79 Å². The van der Waals surface area contributed by atoms with Gasteiger partial charge in [-0.1, -0.05) is 40.0 Å². The number of hydrogen-bond donors (Lipinski definition) is 0. The van der Waals surface area contributed by atoms with Crippen LogP contribution >= 0.6 is 0 Å². The first-order chi connectivity index (χ1) is 12.1. The van der Waals surface area contributed by atoms with E-state index in [0.717, 1.165) is 58.2 Å². The van der Waals surface area contributed by atoms with Gasteiger partial charge in [0.05, 0.1) is 19.6 Å². The van der Waals surface area contributed by atoms with Crippen LogP contribution in [0.4, 0.5) is 0 Å². The summed E-state index contributed by atoms with van der Waals surface area (Å²) in [5, 5.41) is 11.9. The van der Waals surface area contributed by atoms with Crippen LogP contribution in [0.15, 0.2) is 0 Å². The van der Waals surface area contributed by atoms with Gasteiger partial charge in [0.2, 0.25) is 0 Å². The minimum absolute atomic E-state index is 0.461. The zero-order chi connectivity index (χ0) is 19.0. The number of aliphatic carboxylic acids is 1. The van der Waals surface area contributed by atoms with Crippen LogP contribution in [-0.4, -0.2) is 36.1 Å². The minimum Gasteiger partial charge on any atom is -0.543 e. The van der Waals surface area contributed by atoms with Crippen LogP contribution in [0.3, 0.4) is 0 Å². The number of carbonyl (C=O) groups is 1. The summed E-state index contributed by atoms with van der Waals surface area (Å²) >= 11 is 0. The molecule has 0 radical (unpaired) electrons. The van der Waals surface area contributed by atoms with Crippen LogP contribution in [0.1, 0.15) is 59.3 Å². The number of carboxylic acids is 1. The van der Waals surface area contributed by atoms with Gasteiger partial charge in [-0.05, 0) is 60.7 Å². The van der Waals surface area contributed by atoms with Crippen LogP contribution < -0.4 is 5.11 Å². The molecule has 0 aliphatic rings. The largest absolute Gasteiger partial charge is 0.543 e. The van der Waals surface area contributed by atoms with Gasteiger partial charge < -0.3 is 14.4 Å². The molecule has 0 aromatic carbocycles. The predicted octanol–water partition coefficient (Wildman–Crippen LogP) is 1.97. The van der Waals surface area contributed by atoms with Crippen molar-refractivity contribution in [2.24, 2.45) is 0 Å². The van der Waals surface area contributed by atoms with E-state index in [1.165, 1.54) is 0 Å². The van der Waals surface area contributed by atoms with Crippen molar-refractivity contribution in [3.05, 3.63) is 0 Å². The molecule has 0 aromatic heterocycles. The summed E-state index contributed by atoms with van der Waals surface area (Å²) in [6.07, 6.45) is 11.0. The van der Waals surface area contributed by atoms with Crippen LogP contribution in [0.5, 0.6) is 0 Å². The molecule has 3 nitrogen and oxygen atoms in total. The molecule has 134 valence electrons. The molecule has 0 aromatic rings. The summed E-state index contributed by atoms with van der Waals surface area (Å²) in [6, 6.07) is -0.862. The number of nitrogens with zero attached hydrogens (tertiary/aromatic N) is 1. The van der Waals surface area contributed by atoms with E-state index in [1.807, 2.05) is 0 Å². The number of quaternary nitrogens is 1. The maximum absolute atomic E-state index is 11.9. The van der Waals surface area contributed by atoms with Gasteiger partial charge in [-0.15, -0.1) is 6.42 Å². The standard InChI is InChI=1S/C22H29NO2/c1-5-9-13-14-15-16-17-21(22(24)25)23(18-10-6-2,19-11-7-3)20-12-8-4/h1,21H,6-8,10-12,18-20H2,2-4H3. The van der Waals surface area contributed by atoms with Crippen LogP contribution in [0, 0.1) is 47.9 Å². The lowest BCUT2D eigenvalue weighted by Crippen LogP contribution is -2.62. The van der Waals surface area contributed by atoms with Gasteiger partial charge in [0.1, 0.15) is 5.97 Å². The van der Waals surface area contributed by atoms with Crippen LogP contribution in [0.2, 0.25) is 0 Å². The molecule has 25 heavy (non-hydrogen) atoms. The third kappa shape index (κ3) is 8.91. The maximum atomic E-state index is 11.9. The Balaban J connectivity index is 5.71. The predicted molar refractivity (Wildman–Crippen MR) is 101 cm³/mol. The summed E-state index contributed by atoms with van der Waals surface area (Å²) < 4.78 is 0.461. The Kier molecular flexibility index (Phi) is 12.7. The van der Waals surface area contributed by atoms with E-state index < -0.39 is 12.0 Å². The van der Waals surface area contributed by atoms with Crippen LogP contribution in [0.25, 0.3) is 0 Å². The zero-order valence-electron chi connectivity index (χ0n) is 15.8. The normalized spacial score (nSPS) is 10.8. The summed E-state index contributed by atoms with van der Waals surface area (Å²) in [5.41, 5.74) is 0. The second kappa shape index (κ2) is 14.1. The van der Waals surface area contributed by atoms with E-state index in [0.29, 0.717) is 4.48 Å². The van der Waals surface area contributed by atoms with Crippen molar-refractivity contribution in [2.45, 2.75) is 65.3 Å². The van der Waals surface area contributed by atoms with Gasteiger partial charge in [-0.3, -0.25) is 0 Å². The fourth-order valence-corrected chi connectivity index (χ4v) is 2.80. The van der Waals surface area contributed by atoms with E-state index >= 15 is 0 Å². The molecule has 1 atom stereocenters. The topological polar surface area (TPSA) is 40.1 Å². The van der Waals surface area contributed by atoms with Crippen molar-refractivity contribution in [2.75, 3.05) is 19.6 Å². The number of rotatable bonds is 11. The van der Waals surface area contributed by atoms with Gasteiger partial charge >= 0.3 is 0 Å². The smallest absolute Gasteiger partial charge is 0.192 e. The molecule has 0 N–H and O–H groups in total. The lowest BCUT2D eigenvalue weighted by Gasteiger charge is -2.43. The van der Waals surface area contributed by atoms with Gasteiger partial charge in [0.25, 0.3) is 0 Å². The fourth-order valence-electron chi connectivity index (χ4n) is 2.80. The second-order valence-corrected chi connectivity index (χ2v) is 6.09. The van der Waals surface area contributed by atoms with E-state index in [9.17, 15) is 9.90 Å². The van der Waals surface area contributed by atoms with Gasteiger partial charge in [0.15, 0.2) is 6.04 Å². The van der Waals surface area contributed by atoms with Crippen molar-refractivity contribution in [1.29, 1.82) is 0 Å². The molecule has 0 saturated heterocycles. The maximum Gasteiger partial charge on any atom is 0.192 e. The highest BCUT2D eigenvalue weighted by Crippen LogP contribution is 2.19. The zero-order valence-corrected chi connectivity index (χ0v) is 15.8. The van der Waals surface area contributed by atoms with Crippen molar-refractivity contribution in [3.63, 3.8) is 0 Å². The van der Waals surface area contributed by atoms with Crippen molar-refractivity contribution in [1.82, 2.24) is 0 Å². The molecule has 0 aliphatic carbocycles. The van der Waals surface area contributed by atoms with Gasteiger partial charge in [0, 0.05) is 0 Å². The van der Waals surface area contributed by atoms with Gasteiger partial charge in [-0.25, -0.2) is 0 Å². The summed E-state index contributed by atoms with van der Waals surface area (Å²) in [7, 11) is 0. The molecule has 0 heterocycles. The molecular formula is C22H29NO2. The first-order valence-electron chi connectivity index (χ1n) is 9.10. The summed E-state index contributed by atoms with van der Waals surface area (Å²) in [6.45, 7) is 8.74. The molecule has 0 saturated carbocycles. The highest BCUT2D eigenvalue weighted by Gasteiger charge is 2.35. The van der Waals surface area contributed by atoms with Crippen molar-refractivity contribution < 1.29 is 14.4 Å². The average molecular weight is 339 g/mol. The van der Waals surface area contributed by atoms with E-state index in [-0.39, 0.29) is 0 Å². The second-order valence-electron chi connectivity index (χ2n) is 6.09. The van der Waals surface area contributed by atoms with E-state index in [1.54, 1.807) is 0 Å². The first-order valence-corrected chi connectivity index (χ1v) is 9.10. The number of carboxylic acid groups (broad SMARTS) is 1. The SMILES string of the molecule is C#CC#CC#CC#CC(C(=O)[O-])[N+](CCCC)(CCCC)CCCC. The third-order valence-electron chi connectivity index (χ3n) is 4.17. The highest BCUT2D eigenvalue weighted by molar-refractivity contribution is 5.74. The molecule has 0 bridgehead atoms. The molecule has 0 fully saturated rings. The number of terminal acetylenes is 1. The Hall–Kier alpha value is -2.33.